The normalized spacial score (nSPS) is 21.1. The van der Waals surface area contributed by atoms with Crippen LogP contribution in [0.1, 0.15) is 12.0 Å². The molecule has 1 aliphatic carbocycles. The van der Waals surface area contributed by atoms with E-state index >= 15 is 0 Å². The average molecular weight is 272 g/mol. The molecule has 1 atom stereocenters. The first kappa shape index (κ1) is 13.9. The molecule has 1 aromatic carbocycles. The van der Waals surface area contributed by atoms with Crippen molar-refractivity contribution in [3.05, 3.63) is 53.6 Å². The minimum absolute atomic E-state index is 0.167. The van der Waals surface area contributed by atoms with Gasteiger partial charge in [0.15, 0.2) is 0 Å². The maximum absolute atomic E-state index is 12.0. The van der Waals surface area contributed by atoms with Gasteiger partial charge in [-0.25, -0.2) is 0 Å². The SMILES string of the molecule is COc1ccc(C2(C(N)=O)C=CC=C(C(N)=O)C2)cc1. The molecule has 0 bridgehead atoms. The number of allylic oxidation sites excluding steroid dienone is 2. The summed E-state index contributed by atoms with van der Waals surface area (Å²) >= 11 is 0. The number of primary amides is 2. The topological polar surface area (TPSA) is 95.4 Å². The molecule has 1 aliphatic rings. The third-order valence-electron chi connectivity index (χ3n) is 3.51. The zero-order chi connectivity index (χ0) is 14.8. The number of ether oxygens (including phenoxy) is 1. The van der Waals surface area contributed by atoms with E-state index in [1.54, 1.807) is 49.6 Å². The Bertz CT molecular complexity index is 602. The molecule has 0 fully saturated rings. The Balaban J connectivity index is 2.46. The van der Waals surface area contributed by atoms with Gasteiger partial charge in [0.25, 0.3) is 0 Å². The molecule has 0 aliphatic heterocycles. The van der Waals surface area contributed by atoms with Crippen LogP contribution >= 0.6 is 0 Å². The Labute approximate surface area is 116 Å². The van der Waals surface area contributed by atoms with Gasteiger partial charge in [0.1, 0.15) is 5.75 Å². The third-order valence-corrected chi connectivity index (χ3v) is 3.51. The second kappa shape index (κ2) is 5.21. The molecule has 0 heterocycles. The first-order valence-electron chi connectivity index (χ1n) is 6.12. The summed E-state index contributed by atoms with van der Waals surface area (Å²) in [7, 11) is 1.56. The molecule has 1 unspecified atom stereocenters. The molecular weight excluding hydrogens is 256 g/mol. The smallest absolute Gasteiger partial charge is 0.244 e. The van der Waals surface area contributed by atoms with Crippen molar-refractivity contribution < 1.29 is 14.3 Å². The zero-order valence-corrected chi connectivity index (χ0v) is 11.1. The molecule has 2 rings (SSSR count). The summed E-state index contributed by atoms with van der Waals surface area (Å²) in [4.78, 5) is 23.3. The van der Waals surface area contributed by atoms with E-state index in [-0.39, 0.29) is 6.42 Å². The van der Waals surface area contributed by atoms with Crippen molar-refractivity contribution >= 4 is 11.8 Å². The Hall–Kier alpha value is -2.56. The number of amides is 2. The van der Waals surface area contributed by atoms with Crippen LogP contribution in [0.2, 0.25) is 0 Å². The number of methoxy groups -OCH3 is 1. The van der Waals surface area contributed by atoms with Gasteiger partial charge in [0, 0.05) is 5.57 Å². The molecule has 0 saturated heterocycles. The second-order valence-corrected chi connectivity index (χ2v) is 4.66. The quantitative estimate of drug-likeness (QED) is 0.848. The maximum Gasteiger partial charge on any atom is 0.244 e. The van der Waals surface area contributed by atoms with Gasteiger partial charge in [0.05, 0.1) is 12.5 Å². The lowest BCUT2D eigenvalue weighted by molar-refractivity contribution is -0.122. The van der Waals surface area contributed by atoms with Crippen LogP contribution in [0.5, 0.6) is 5.75 Å². The largest absolute Gasteiger partial charge is 0.497 e. The van der Waals surface area contributed by atoms with Gasteiger partial charge >= 0.3 is 0 Å². The van der Waals surface area contributed by atoms with Crippen LogP contribution in [-0.4, -0.2) is 18.9 Å². The summed E-state index contributed by atoms with van der Waals surface area (Å²) in [5.41, 5.74) is 10.9. The maximum atomic E-state index is 12.0. The Morgan fingerprint density at radius 2 is 1.85 bits per heavy atom. The number of hydrogen-bond donors (Lipinski definition) is 2. The van der Waals surface area contributed by atoms with E-state index in [1.165, 1.54) is 0 Å². The predicted molar refractivity (Wildman–Crippen MR) is 74.9 cm³/mol. The Morgan fingerprint density at radius 1 is 1.20 bits per heavy atom. The molecule has 4 N–H and O–H groups in total. The molecule has 0 spiro atoms. The molecule has 5 heteroatoms. The van der Waals surface area contributed by atoms with E-state index in [0.29, 0.717) is 16.9 Å². The number of carbonyl (C=O) groups is 2. The van der Waals surface area contributed by atoms with Crippen molar-refractivity contribution in [2.24, 2.45) is 11.5 Å². The fraction of sp³-hybridized carbons (Fsp3) is 0.200. The van der Waals surface area contributed by atoms with Crippen molar-refractivity contribution in [1.82, 2.24) is 0 Å². The van der Waals surface area contributed by atoms with Crippen LogP contribution in [0.15, 0.2) is 48.1 Å². The van der Waals surface area contributed by atoms with E-state index in [0.717, 1.165) is 0 Å². The summed E-state index contributed by atoms with van der Waals surface area (Å²) in [5.74, 6) is -0.391. The van der Waals surface area contributed by atoms with E-state index in [1.807, 2.05) is 0 Å². The van der Waals surface area contributed by atoms with Crippen LogP contribution in [0, 0.1) is 0 Å². The minimum Gasteiger partial charge on any atom is -0.497 e. The van der Waals surface area contributed by atoms with Gasteiger partial charge in [-0.15, -0.1) is 0 Å². The van der Waals surface area contributed by atoms with E-state index in [2.05, 4.69) is 0 Å². The molecule has 0 radical (unpaired) electrons. The molecule has 2 amide bonds. The Kier molecular flexibility index (Phi) is 3.61. The standard InChI is InChI=1S/C15H16N2O3/c1-20-12-6-4-11(5-7-12)15(14(17)19)8-2-3-10(9-15)13(16)18/h2-8H,9H2,1H3,(H2,16,18)(H2,17,19). The first-order chi connectivity index (χ1) is 9.49. The van der Waals surface area contributed by atoms with Crippen molar-refractivity contribution in [2.75, 3.05) is 7.11 Å². The van der Waals surface area contributed by atoms with Gasteiger partial charge < -0.3 is 16.2 Å². The summed E-state index contributed by atoms with van der Waals surface area (Å²) in [6.45, 7) is 0. The van der Waals surface area contributed by atoms with Crippen molar-refractivity contribution in [3.63, 3.8) is 0 Å². The monoisotopic (exact) mass is 272 g/mol. The van der Waals surface area contributed by atoms with Crippen molar-refractivity contribution in [1.29, 1.82) is 0 Å². The van der Waals surface area contributed by atoms with Gasteiger partial charge in [0.2, 0.25) is 11.8 Å². The van der Waals surface area contributed by atoms with Crippen LogP contribution in [-0.2, 0) is 15.0 Å². The predicted octanol–water partition coefficient (Wildman–Crippen LogP) is 0.790. The average Bonchev–Trinajstić information content (AvgIpc) is 2.47. The number of hydrogen-bond acceptors (Lipinski definition) is 3. The summed E-state index contributed by atoms with van der Waals surface area (Å²) < 4.78 is 5.09. The van der Waals surface area contributed by atoms with E-state index in [9.17, 15) is 9.59 Å². The number of carbonyl (C=O) groups excluding carboxylic acids is 2. The second-order valence-electron chi connectivity index (χ2n) is 4.66. The van der Waals surface area contributed by atoms with Gasteiger partial charge in [-0.05, 0) is 24.1 Å². The highest BCUT2D eigenvalue weighted by Crippen LogP contribution is 2.36. The Morgan fingerprint density at radius 3 is 2.35 bits per heavy atom. The molecule has 1 aromatic rings. The van der Waals surface area contributed by atoms with Gasteiger partial charge in [-0.3, -0.25) is 9.59 Å². The van der Waals surface area contributed by atoms with Crippen LogP contribution in [0.25, 0.3) is 0 Å². The number of rotatable bonds is 4. The summed E-state index contributed by atoms with van der Waals surface area (Å²) in [6, 6.07) is 7.02. The molecule has 0 aromatic heterocycles. The van der Waals surface area contributed by atoms with Crippen LogP contribution in [0.3, 0.4) is 0 Å². The van der Waals surface area contributed by atoms with Crippen molar-refractivity contribution in [3.8, 4) is 5.75 Å². The summed E-state index contributed by atoms with van der Waals surface area (Å²) in [5, 5.41) is 0. The molecule has 104 valence electrons. The van der Waals surface area contributed by atoms with Crippen LogP contribution in [0.4, 0.5) is 0 Å². The van der Waals surface area contributed by atoms with Gasteiger partial charge in [-0.1, -0.05) is 30.4 Å². The fourth-order valence-electron chi connectivity index (χ4n) is 2.31. The third kappa shape index (κ3) is 2.30. The highest BCUT2D eigenvalue weighted by atomic mass is 16.5. The summed E-state index contributed by atoms with van der Waals surface area (Å²) in [6.07, 6.45) is 5.11. The minimum atomic E-state index is -1.05. The molecule has 20 heavy (non-hydrogen) atoms. The van der Waals surface area contributed by atoms with E-state index in [4.69, 9.17) is 16.2 Å². The lowest BCUT2D eigenvalue weighted by Gasteiger charge is -2.30. The molecule has 5 nitrogen and oxygen atoms in total. The van der Waals surface area contributed by atoms with E-state index < -0.39 is 17.2 Å². The molecular formula is C15H16N2O3. The first-order valence-corrected chi connectivity index (χ1v) is 6.12. The molecule has 0 saturated carbocycles. The highest BCUT2D eigenvalue weighted by Gasteiger charge is 2.39. The number of benzene rings is 1. The van der Waals surface area contributed by atoms with Gasteiger partial charge in [-0.2, -0.15) is 0 Å². The highest BCUT2D eigenvalue weighted by molar-refractivity contribution is 5.97. The lowest BCUT2D eigenvalue weighted by Crippen LogP contribution is -2.42. The lowest BCUT2D eigenvalue weighted by atomic mass is 9.72. The van der Waals surface area contributed by atoms with Crippen LogP contribution < -0.4 is 16.2 Å². The fourth-order valence-corrected chi connectivity index (χ4v) is 2.31. The van der Waals surface area contributed by atoms with Crippen molar-refractivity contribution in [2.45, 2.75) is 11.8 Å². The zero-order valence-electron chi connectivity index (χ0n) is 11.1. The number of nitrogens with two attached hydrogens (primary N) is 2.